The van der Waals surface area contributed by atoms with E-state index in [0.717, 1.165) is 23.2 Å². The first-order valence-electron chi connectivity index (χ1n) is 7.90. The van der Waals surface area contributed by atoms with E-state index in [1.165, 1.54) is 0 Å². The molecule has 1 heterocycles. The summed E-state index contributed by atoms with van der Waals surface area (Å²) in [5.41, 5.74) is 8.51. The number of aromatic nitrogens is 2. The average molecular weight is 320 g/mol. The van der Waals surface area contributed by atoms with Crippen molar-refractivity contribution >= 4 is 5.91 Å². The maximum absolute atomic E-state index is 11.7. The molecule has 0 saturated carbocycles. The number of nitrogens with two attached hydrogens (primary N) is 1. The van der Waals surface area contributed by atoms with E-state index in [1.54, 1.807) is 0 Å². The molecule has 3 N–H and O–H groups in total. The van der Waals surface area contributed by atoms with Gasteiger partial charge in [0.15, 0.2) is 0 Å². The van der Waals surface area contributed by atoms with E-state index in [2.05, 4.69) is 10.4 Å². The Bertz CT molecular complexity index is 783. The molecule has 122 valence electrons. The summed E-state index contributed by atoms with van der Waals surface area (Å²) in [4.78, 5) is 11.7. The monoisotopic (exact) mass is 320 g/mol. The molecule has 0 saturated heterocycles. The molecule has 0 fully saturated rings. The zero-order chi connectivity index (χ0) is 16.8. The third-order valence-electron chi connectivity index (χ3n) is 3.84. The molecule has 24 heavy (non-hydrogen) atoms. The van der Waals surface area contributed by atoms with E-state index in [9.17, 15) is 4.79 Å². The lowest BCUT2D eigenvalue weighted by Crippen LogP contribution is -2.34. The number of hydrogen-bond donors (Lipinski definition) is 2. The number of benzene rings is 2. The molecule has 0 radical (unpaired) electrons. The molecule has 5 heteroatoms. The Morgan fingerprint density at radius 3 is 2.42 bits per heavy atom. The van der Waals surface area contributed by atoms with Crippen molar-refractivity contribution in [3.63, 3.8) is 0 Å². The minimum absolute atomic E-state index is 0.374. The number of primary amides is 1. The molecule has 0 aliphatic carbocycles. The van der Waals surface area contributed by atoms with Gasteiger partial charge in [-0.3, -0.25) is 4.79 Å². The third kappa shape index (κ3) is 3.88. The lowest BCUT2D eigenvalue weighted by molar-refractivity contribution is -0.120. The van der Waals surface area contributed by atoms with Gasteiger partial charge in [-0.2, -0.15) is 5.10 Å². The van der Waals surface area contributed by atoms with Crippen molar-refractivity contribution in [3.05, 3.63) is 84.2 Å². The SMILES string of the molecule is NC(=O)[C@@H](NCCc1cnn(-c2ccccc2)c1)c1ccccc1. The summed E-state index contributed by atoms with van der Waals surface area (Å²) in [5, 5.41) is 7.60. The number of amides is 1. The molecule has 1 amide bonds. The Kier molecular flexibility index (Phi) is 5.03. The first-order valence-corrected chi connectivity index (χ1v) is 7.90. The van der Waals surface area contributed by atoms with Crippen LogP contribution in [0.4, 0.5) is 0 Å². The predicted molar refractivity (Wildman–Crippen MR) is 93.6 cm³/mol. The zero-order valence-corrected chi connectivity index (χ0v) is 13.3. The van der Waals surface area contributed by atoms with E-state index >= 15 is 0 Å². The highest BCUT2D eigenvalue weighted by atomic mass is 16.1. The Morgan fingerprint density at radius 2 is 1.75 bits per heavy atom. The molecule has 0 aliphatic rings. The molecule has 5 nitrogen and oxygen atoms in total. The number of hydrogen-bond acceptors (Lipinski definition) is 3. The Labute approximate surface area is 141 Å². The summed E-state index contributed by atoms with van der Waals surface area (Å²) >= 11 is 0. The van der Waals surface area contributed by atoms with Crippen LogP contribution in [0.25, 0.3) is 5.69 Å². The molecule has 3 rings (SSSR count). The maximum atomic E-state index is 11.7. The second kappa shape index (κ2) is 7.57. The van der Waals surface area contributed by atoms with E-state index in [4.69, 9.17) is 5.73 Å². The van der Waals surface area contributed by atoms with Gasteiger partial charge < -0.3 is 11.1 Å². The number of para-hydroxylation sites is 1. The van der Waals surface area contributed by atoms with Crippen LogP contribution >= 0.6 is 0 Å². The van der Waals surface area contributed by atoms with Crippen LogP contribution in [0.3, 0.4) is 0 Å². The highest BCUT2D eigenvalue weighted by molar-refractivity contribution is 5.81. The van der Waals surface area contributed by atoms with Crippen molar-refractivity contribution in [1.29, 1.82) is 0 Å². The molecule has 1 aromatic heterocycles. The predicted octanol–water partition coefficient (Wildman–Crippen LogP) is 2.23. The molecule has 0 unspecified atom stereocenters. The lowest BCUT2D eigenvalue weighted by atomic mass is 10.1. The van der Waals surface area contributed by atoms with Crippen LogP contribution < -0.4 is 11.1 Å². The molecule has 0 bridgehead atoms. The number of nitrogens with zero attached hydrogens (tertiary/aromatic N) is 2. The fraction of sp³-hybridized carbons (Fsp3) is 0.158. The van der Waals surface area contributed by atoms with Gasteiger partial charge in [-0.25, -0.2) is 4.68 Å². The quantitative estimate of drug-likeness (QED) is 0.701. The summed E-state index contributed by atoms with van der Waals surface area (Å²) in [6.45, 7) is 0.642. The van der Waals surface area contributed by atoms with Crippen LogP contribution in [0, 0.1) is 0 Å². The van der Waals surface area contributed by atoms with Crippen LogP contribution in [0.15, 0.2) is 73.1 Å². The summed E-state index contributed by atoms with van der Waals surface area (Å²) in [6.07, 6.45) is 4.61. The third-order valence-corrected chi connectivity index (χ3v) is 3.84. The van der Waals surface area contributed by atoms with Crippen molar-refractivity contribution < 1.29 is 4.79 Å². The summed E-state index contributed by atoms with van der Waals surface area (Å²) < 4.78 is 1.85. The van der Waals surface area contributed by atoms with Gasteiger partial charge in [-0.15, -0.1) is 0 Å². The highest BCUT2D eigenvalue weighted by Crippen LogP contribution is 2.12. The first kappa shape index (κ1) is 16.0. The van der Waals surface area contributed by atoms with Gasteiger partial charge in [0, 0.05) is 12.7 Å². The van der Waals surface area contributed by atoms with Crippen molar-refractivity contribution in [2.24, 2.45) is 5.73 Å². The smallest absolute Gasteiger partial charge is 0.239 e. The number of carbonyl (C=O) groups excluding carboxylic acids is 1. The van der Waals surface area contributed by atoms with Crippen LogP contribution in [-0.2, 0) is 11.2 Å². The molecule has 0 spiro atoms. The van der Waals surface area contributed by atoms with Crippen LogP contribution in [0.2, 0.25) is 0 Å². The lowest BCUT2D eigenvalue weighted by Gasteiger charge is -2.15. The Morgan fingerprint density at radius 1 is 1.08 bits per heavy atom. The van der Waals surface area contributed by atoms with Gasteiger partial charge in [0.25, 0.3) is 0 Å². The van der Waals surface area contributed by atoms with E-state index in [1.807, 2.05) is 77.7 Å². The van der Waals surface area contributed by atoms with Gasteiger partial charge in [0.2, 0.25) is 5.91 Å². The fourth-order valence-electron chi connectivity index (χ4n) is 2.60. The standard InChI is InChI=1S/C19H20N4O/c20-19(24)18(16-7-3-1-4-8-16)21-12-11-15-13-22-23(14-15)17-9-5-2-6-10-17/h1-10,13-14,18,21H,11-12H2,(H2,20,24)/t18-/m0/s1. The second-order valence-corrected chi connectivity index (χ2v) is 5.58. The summed E-state index contributed by atoms with van der Waals surface area (Å²) in [5.74, 6) is -0.374. The number of rotatable bonds is 7. The van der Waals surface area contributed by atoms with Crippen LogP contribution in [0.1, 0.15) is 17.2 Å². The molecular weight excluding hydrogens is 300 g/mol. The van der Waals surface area contributed by atoms with E-state index < -0.39 is 6.04 Å². The van der Waals surface area contributed by atoms with E-state index in [0.29, 0.717) is 6.54 Å². The molecule has 1 atom stereocenters. The number of carbonyl (C=O) groups is 1. The molecule has 0 aliphatic heterocycles. The van der Waals surface area contributed by atoms with Gasteiger partial charge in [0.1, 0.15) is 6.04 Å². The topological polar surface area (TPSA) is 72.9 Å². The normalized spacial score (nSPS) is 12.0. The Balaban J connectivity index is 1.60. The highest BCUT2D eigenvalue weighted by Gasteiger charge is 2.16. The Hall–Kier alpha value is -2.92. The molecule has 2 aromatic carbocycles. The molecular formula is C19H20N4O. The van der Waals surface area contributed by atoms with Gasteiger partial charge in [0.05, 0.1) is 11.9 Å². The van der Waals surface area contributed by atoms with Crippen LogP contribution in [0.5, 0.6) is 0 Å². The van der Waals surface area contributed by atoms with E-state index in [-0.39, 0.29) is 5.91 Å². The number of nitrogens with one attached hydrogen (secondary N) is 1. The average Bonchev–Trinajstić information content (AvgIpc) is 3.09. The summed E-state index contributed by atoms with van der Waals surface area (Å²) in [7, 11) is 0. The second-order valence-electron chi connectivity index (χ2n) is 5.58. The van der Waals surface area contributed by atoms with Gasteiger partial charge in [-0.05, 0) is 29.7 Å². The van der Waals surface area contributed by atoms with Crippen molar-refractivity contribution in [2.75, 3.05) is 6.54 Å². The maximum Gasteiger partial charge on any atom is 0.239 e. The van der Waals surface area contributed by atoms with Gasteiger partial charge in [-0.1, -0.05) is 48.5 Å². The first-order chi connectivity index (χ1) is 11.7. The zero-order valence-electron chi connectivity index (χ0n) is 13.3. The van der Waals surface area contributed by atoms with Crippen LogP contribution in [-0.4, -0.2) is 22.2 Å². The van der Waals surface area contributed by atoms with Crippen molar-refractivity contribution in [1.82, 2.24) is 15.1 Å². The largest absolute Gasteiger partial charge is 0.368 e. The molecule has 3 aromatic rings. The van der Waals surface area contributed by atoms with Gasteiger partial charge >= 0.3 is 0 Å². The van der Waals surface area contributed by atoms with Crippen molar-refractivity contribution in [3.8, 4) is 5.69 Å². The van der Waals surface area contributed by atoms with Crippen molar-refractivity contribution in [2.45, 2.75) is 12.5 Å². The fourth-order valence-corrected chi connectivity index (χ4v) is 2.60. The summed E-state index contributed by atoms with van der Waals surface area (Å²) in [6, 6.07) is 19.0. The minimum Gasteiger partial charge on any atom is -0.368 e. The minimum atomic E-state index is -0.477.